The highest BCUT2D eigenvalue weighted by Gasteiger charge is 2.35. The first-order valence-corrected chi connectivity index (χ1v) is 22.2. The molecule has 300 valence electrons. The molecule has 1 heterocycles. The molecule has 0 unspecified atom stereocenters. The fourth-order valence-corrected chi connectivity index (χ4v) is 8.28. The van der Waals surface area contributed by atoms with Crippen molar-refractivity contribution in [3.63, 3.8) is 0 Å². The second-order valence-electron chi connectivity index (χ2n) is 14.9. The second-order valence-corrected chi connectivity index (χ2v) is 16.6. The van der Waals surface area contributed by atoms with E-state index >= 15 is 0 Å². The zero-order chi connectivity index (χ0) is 39.0. The van der Waals surface area contributed by atoms with Crippen molar-refractivity contribution in [2.45, 2.75) is 173 Å². The molecule has 1 aliphatic carbocycles. The Labute approximate surface area is 324 Å². The fourth-order valence-electron chi connectivity index (χ4n) is 6.90. The molecule has 0 radical (unpaired) electrons. The summed E-state index contributed by atoms with van der Waals surface area (Å²) in [6.45, 7) is 4.69. The van der Waals surface area contributed by atoms with E-state index in [1.165, 1.54) is 75.4 Å². The Morgan fingerprint density at radius 2 is 1.35 bits per heavy atom. The molecule has 0 saturated heterocycles. The number of carbonyl (C=O) groups excluding carboxylic acids is 4. The molecular weight excluding hydrogens is 703 g/mol. The maximum Gasteiger partial charge on any atom is 0.306 e. The molecule has 1 aromatic carbocycles. The van der Waals surface area contributed by atoms with Crippen LogP contribution in [0.2, 0.25) is 0 Å². The van der Waals surface area contributed by atoms with Crippen molar-refractivity contribution in [2.75, 3.05) is 6.54 Å². The number of esters is 1. The van der Waals surface area contributed by atoms with Gasteiger partial charge in [-0.25, -0.2) is 8.42 Å². The van der Waals surface area contributed by atoms with Gasteiger partial charge in [-0.05, 0) is 67.9 Å². The van der Waals surface area contributed by atoms with Crippen LogP contribution in [-0.2, 0) is 42.2 Å². The number of aromatic nitrogens is 1. The molecule has 1 saturated carbocycles. The number of benzene rings is 1. The lowest BCUT2D eigenvalue weighted by molar-refractivity contribution is -0.145. The zero-order valence-corrected chi connectivity index (χ0v) is 33.8. The van der Waals surface area contributed by atoms with Gasteiger partial charge in [0.15, 0.2) is 0 Å². The van der Waals surface area contributed by atoms with Gasteiger partial charge in [0.2, 0.25) is 11.8 Å². The monoisotopic (exact) mass is 767 g/mol. The number of imide groups is 1. The highest BCUT2D eigenvalue weighted by molar-refractivity contribution is 7.90. The van der Waals surface area contributed by atoms with Gasteiger partial charge in [0.1, 0.15) is 6.61 Å². The number of nitrogens with zero attached hydrogens (tertiary/aromatic N) is 2. The molecule has 54 heavy (non-hydrogen) atoms. The number of amides is 3. The van der Waals surface area contributed by atoms with Crippen molar-refractivity contribution in [1.29, 1.82) is 0 Å². The first-order valence-electron chi connectivity index (χ1n) is 20.7. The summed E-state index contributed by atoms with van der Waals surface area (Å²) in [4.78, 5) is 56.1. The molecule has 2 aromatic rings. The summed E-state index contributed by atoms with van der Waals surface area (Å²) in [6.07, 6.45) is 22.6. The van der Waals surface area contributed by atoms with Gasteiger partial charge >= 0.3 is 5.97 Å². The summed E-state index contributed by atoms with van der Waals surface area (Å²) in [5, 5.41) is 2.98. The lowest BCUT2D eigenvalue weighted by atomic mass is 9.87. The van der Waals surface area contributed by atoms with Crippen LogP contribution in [0.25, 0.3) is 0 Å². The van der Waals surface area contributed by atoms with Crippen LogP contribution >= 0.6 is 0 Å². The van der Waals surface area contributed by atoms with E-state index < -0.39 is 21.8 Å². The minimum Gasteiger partial charge on any atom is -0.459 e. The van der Waals surface area contributed by atoms with E-state index in [0.29, 0.717) is 48.1 Å². The second kappa shape index (κ2) is 25.5. The number of hydrogen-bond donors (Lipinski definition) is 1. The van der Waals surface area contributed by atoms with Gasteiger partial charge in [-0.3, -0.25) is 24.2 Å². The van der Waals surface area contributed by atoms with Crippen molar-refractivity contribution in [2.24, 2.45) is 5.92 Å². The first kappa shape index (κ1) is 44.8. The number of unbranched alkanes of at least 4 members (excludes halogenated alkanes) is 12. The maximum absolute atomic E-state index is 14.0. The summed E-state index contributed by atoms with van der Waals surface area (Å²) < 4.78 is 33.7. The van der Waals surface area contributed by atoms with Crippen LogP contribution in [-0.4, -0.2) is 47.9 Å². The van der Waals surface area contributed by atoms with Crippen molar-refractivity contribution >= 4 is 33.7 Å². The Kier molecular flexibility index (Phi) is 21.1. The molecular formula is C43H65N3O7S. The normalized spacial score (nSPS) is 13.4. The molecule has 3 amide bonds. The number of hydrogen-bond acceptors (Lipinski definition) is 8. The Morgan fingerprint density at radius 3 is 1.94 bits per heavy atom. The molecule has 1 N–H and O–H groups in total. The number of sulfonamides is 1. The van der Waals surface area contributed by atoms with E-state index in [9.17, 15) is 27.6 Å². The van der Waals surface area contributed by atoms with Crippen LogP contribution in [0.5, 0.6) is 0 Å². The van der Waals surface area contributed by atoms with Gasteiger partial charge in [-0.15, -0.1) is 0 Å². The molecule has 3 rings (SSSR count). The van der Waals surface area contributed by atoms with E-state index in [0.717, 1.165) is 76.2 Å². The minimum absolute atomic E-state index is 0.0389. The van der Waals surface area contributed by atoms with E-state index in [1.54, 1.807) is 12.1 Å². The molecule has 1 aliphatic rings. The predicted octanol–water partition coefficient (Wildman–Crippen LogP) is 9.39. The molecule has 0 aliphatic heterocycles. The van der Waals surface area contributed by atoms with Gasteiger partial charge in [-0.2, -0.15) is 4.31 Å². The van der Waals surface area contributed by atoms with Crippen LogP contribution in [0.4, 0.5) is 0 Å². The largest absolute Gasteiger partial charge is 0.459 e. The van der Waals surface area contributed by atoms with Gasteiger partial charge in [0.25, 0.3) is 15.9 Å². The van der Waals surface area contributed by atoms with Crippen LogP contribution in [0.3, 0.4) is 0 Å². The van der Waals surface area contributed by atoms with Crippen molar-refractivity contribution in [3.8, 4) is 0 Å². The summed E-state index contributed by atoms with van der Waals surface area (Å²) in [5.74, 6) is -1.60. The lowest BCUT2D eigenvalue weighted by Gasteiger charge is -2.21. The number of ether oxygens (including phenoxy) is 1. The summed E-state index contributed by atoms with van der Waals surface area (Å²) in [5.41, 5.74) is 1.16. The molecule has 1 fully saturated rings. The first-order chi connectivity index (χ1) is 26.1. The van der Waals surface area contributed by atoms with Crippen LogP contribution in [0.15, 0.2) is 47.5 Å². The highest BCUT2D eigenvalue weighted by Crippen LogP contribution is 2.26. The zero-order valence-electron chi connectivity index (χ0n) is 33.0. The Morgan fingerprint density at radius 1 is 0.759 bits per heavy atom. The van der Waals surface area contributed by atoms with E-state index in [4.69, 9.17) is 4.74 Å². The smallest absolute Gasteiger partial charge is 0.306 e. The van der Waals surface area contributed by atoms with Crippen molar-refractivity contribution in [1.82, 2.24) is 14.6 Å². The standard InChI is InChI=1S/C43H65N3O7S/c1-3-5-7-9-11-13-18-22-41(48)46(43(50)37-26-27-38(45-33-37)34-53-42(49)23-19-14-12-10-8-6-4-2)54(51,52)39-28-24-35(25-29-39)30-31-44-40(47)32-36-20-16-15-17-21-36/h24-29,33,36H,3-23,30-32,34H2,1-2H3,(H,44,47). The molecule has 0 atom stereocenters. The third-order valence-corrected chi connectivity index (χ3v) is 12.0. The van der Waals surface area contributed by atoms with Crippen LogP contribution in [0.1, 0.15) is 177 Å². The quantitative estimate of drug-likeness (QED) is 0.0738. The van der Waals surface area contributed by atoms with E-state index in [2.05, 4.69) is 24.1 Å². The third-order valence-electron chi connectivity index (χ3n) is 10.2. The van der Waals surface area contributed by atoms with Crippen molar-refractivity contribution in [3.05, 3.63) is 59.4 Å². The van der Waals surface area contributed by atoms with Crippen molar-refractivity contribution < 1.29 is 32.3 Å². The summed E-state index contributed by atoms with van der Waals surface area (Å²) in [7, 11) is -4.55. The van der Waals surface area contributed by atoms with Gasteiger partial charge in [-0.1, -0.05) is 122 Å². The van der Waals surface area contributed by atoms with Crippen LogP contribution in [0, 0.1) is 5.92 Å². The molecule has 0 bridgehead atoms. The lowest BCUT2D eigenvalue weighted by Crippen LogP contribution is -2.41. The van der Waals surface area contributed by atoms with E-state index in [1.807, 2.05) is 0 Å². The van der Waals surface area contributed by atoms with Gasteiger partial charge in [0, 0.05) is 32.0 Å². The number of carbonyl (C=O) groups is 4. The Hall–Kier alpha value is -3.60. The molecule has 1 aromatic heterocycles. The number of pyridine rings is 1. The van der Waals surface area contributed by atoms with E-state index in [-0.39, 0.29) is 35.4 Å². The number of nitrogens with one attached hydrogen (secondary N) is 1. The summed E-state index contributed by atoms with van der Waals surface area (Å²) >= 11 is 0. The Balaban J connectivity index is 1.61. The van der Waals surface area contributed by atoms with Crippen LogP contribution < -0.4 is 5.32 Å². The fraction of sp³-hybridized carbons (Fsp3) is 0.651. The third kappa shape index (κ3) is 16.4. The number of rotatable bonds is 26. The minimum atomic E-state index is -4.55. The SMILES string of the molecule is CCCCCCCCCC(=O)OCc1ccc(C(=O)N(C(=O)CCCCCCCCC)S(=O)(=O)c2ccc(CCNC(=O)CC3CCCCC3)cc2)cn1. The maximum atomic E-state index is 14.0. The predicted molar refractivity (Wildman–Crippen MR) is 212 cm³/mol. The molecule has 11 heteroatoms. The average molecular weight is 768 g/mol. The average Bonchev–Trinajstić information content (AvgIpc) is 3.17. The highest BCUT2D eigenvalue weighted by atomic mass is 32.2. The van der Waals surface area contributed by atoms with Gasteiger partial charge in [0.05, 0.1) is 16.2 Å². The van der Waals surface area contributed by atoms with Gasteiger partial charge < -0.3 is 10.1 Å². The molecule has 0 spiro atoms. The Bertz CT molecular complexity index is 1520. The molecule has 10 nitrogen and oxygen atoms in total. The summed E-state index contributed by atoms with van der Waals surface area (Å²) in [6, 6.07) is 9.01. The topological polar surface area (TPSA) is 140 Å².